The first kappa shape index (κ1) is 16.5. The van der Waals surface area contributed by atoms with Gasteiger partial charge in [-0.05, 0) is 32.4 Å². The van der Waals surface area contributed by atoms with Crippen LogP contribution < -0.4 is 20.7 Å². The molecule has 0 saturated carbocycles. The van der Waals surface area contributed by atoms with Crippen molar-refractivity contribution in [3.63, 3.8) is 0 Å². The smallest absolute Gasteiger partial charge is 0.326 e. The van der Waals surface area contributed by atoms with Crippen LogP contribution in [0.4, 0.5) is 10.5 Å². The van der Waals surface area contributed by atoms with Gasteiger partial charge in [0.25, 0.3) is 0 Å². The second-order valence-corrected chi connectivity index (χ2v) is 4.46. The molecule has 114 valence electrons. The minimum Gasteiger partial charge on any atom is -0.426 e. The number of ether oxygens (including phenoxy) is 1. The quantitative estimate of drug-likeness (QED) is 0.295. The van der Waals surface area contributed by atoms with Gasteiger partial charge in [0.15, 0.2) is 5.96 Å². The summed E-state index contributed by atoms with van der Waals surface area (Å²) in [7, 11) is 0. The van der Waals surface area contributed by atoms with Crippen LogP contribution in [0.15, 0.2) is 12.1 Å². The molecule has 0 spiro atoms. The number of esters is 1. The van der Waals surface area contributed by atoms with E-state index in [1.807, 2.05) is 13.8 Å². The average Bonchev–Trinajstić information content (AvgIpc) is 2.37. The number of urea groups is 1. The number of guanidine groups is 1. The Morgan fingerprint density at radius 2 is 1.95 bits per heavy atom. The van der Waals surface area contributed by atoms with Crippen molar-refractivity contribution in [2.24, 2.45) is 0 Å². The van der Waals surface area contributed by atoms with Gasteiger partial charge in [0.1, 0.15) is 5.75 Å². The van der Waals surface area contributed by atoms with E-state index < -0.39 is 12.0 Å². The molecule has 1 rings (SSSR count). The number of hydrogen-bond donors (Lipinski definition) is 4. The van der Waals surface area contributed by atoms with Crippen molar-refractivity contribution in [1.82, 2.24) is 10.6 Å². The van der Waals surface area contributed by atoms with Gasteiger partial charge < -0.3 is 15.4 Å². The molecule has 0 saturated heterocycles. The van der Waals surface area contributed by atoms with Crippen LogP contribution >= 0.6 is 0 Å². The minimum atomic E-state index is -0.535. The van der Waals surface area contributed by atoms with Gasteiger partial charge in [-0.15, -0.1) is 0 Å². The molecule has 7 nitrogen and oxygen atoms in total. The van der Waals surface area contributed by atoms with E-state index in [1.165, 1.54) is 6.92 Å². The van der Waals surface area contributed by atoms with Gasteiger partial charge in [0.05, 0.1) is 5.69 Å². The van der Waals surface area contributed by atoms with Crippen molar-refractivity contribution in [2.75, 3.05) is 11.9 Å². The molecule has 0 fully saturated rings. The van der Waals surface area contributed by atoms with Crippen LogP contribution in [-0.4, -0.2) is 24.5 Å². The van der Waals surface area contributed by atoms with Crippen molar-refractivity contribution < 1.29 is 14.3 Å². The molecule has 1 aromatic carbocycles. The molecule has 0 aromatic heterocycles. The van der Waals surface area contributed by atoms with E-state index in [0.717, 1.165) is 5.56 Å². The summed E-state index contributed by atoms with van der Waals surface area (Å²) < 4.78 is 5.08. The standard InChI is InChI=1S/C14H20N4O3/c1-5-16-13(15)18-14(20)17-12-8(2)6-7-11(9(12)3)21-10(4)19/h6-7H,5H2,1-4H3,(H4,15,16,17,18,20). The molecule has 0 aliphatic rings. The predicted octanol–water partition coefficient (Wildman–Crippen LogP) is 1.89. The number of hydrogen-bond acceptors (Lipinski definition) is 4. The van der Waals surface area contributed by atoms with Crippen molar-refractivity contribution in [2.45, 2.75) is 27.7 Å². The number of nitrogens with one attached hydrogen (secondary N) is 4. The third kappa shape index (κ3) is 4.79. The highest BCUT2D eigenvalue weighted by atomic mass is 16.5. The van der Waals surface area contributed by atoms with E-state index in [4.69, 9.17) is 10.1 Å². The summed E-state index contributed by atoms with van der Waals surface area (Å²) in [6.07, 6.45) is 0. The molecule has 0 atom stereocenters. The Hall–Kier alpha value is -2.57. The van der Waals surface area contributed by atoms with Crippen LogP contribution in [0.5, 0.6) is 5.75 Å². The van der Waals surface area contributed by atoms with Gasteiger partial charge >= 0.3 is 12.0 Å². The lowest BCUT2D eigenvalue weighted by molar-refractivity contribution is -0.131. The maximum atomic E-state index is 11.8. The summed E-state index contributed by atoms with van der Waals surface area (Å²) in [4.78, 5) is 22.9. The Morgan fingerprint density at radius 1 is 1.29 bits per heavy atom. The minimum absolute atomic E-state index is 0.0820. The zero-order valence-corrected chi connectivity index (χ0v) is 12.6. The summed E-state index contributed by atoms with van der Waals surface area (Å²) in [6.45, 7) is 7.26. The lowest BCUT2D eigenvalue weighted by Gasteiger charge is -2.15. The first-order chi connectivity index (χ1) is 9.85. The largest absolute Gasteiger partial charge is 0.426 e. The fourth-order valence-electron chi connectivity index (χ4n) is 1.77. The molecule has 0 radical (unpaired) electrons. The topological polar surface area (TPSA) is 103 Å². The van der Waals surface area contributed by atoms with Crippen LogP contribution in [0.2, 0.25) is 0 Å². The Labute approximate surface area is 123 Å². The highest BCUT2D eigenvalue weighted by molar-refractivity contribution is 6.02. The Morgan fingerprint density at radius 3 is 2.52 bits per heavy atom. The number of rotatable bonds is 3. The van der Waals surface area contributed by atoms with Crippen LogP contribution in [0.25, 0.3) is 0 Å². The highest BCUT2D eigenvalue weighted by Crippen LogP contribution is 2.29. The molecule has 0 heterocycles. The fourth-order valence-corrected chi connectivity index (χ4v) is 1.77. The molecule has 0 aliphatic heterocycles. The SMILES string of the molecule is CCNC(=N)NC(=O)Nc1c(C)ccc(OC(C)=O)c1C. The number of carbonyl (C=O) groups excluding carboxylic acids is 2. The van der Waals surface area contributed by atoms with E-state index in [2.05, 4.69) is 16.0 Å². The monoisotopic (exact) mass is 292 g/mol. The molecule has 0 aliphatic carbocycles. The maximum Gasteiger partial charge on any atom is 0.326 e. The van der Waals surface area contributed by atoms with Crippen LogP contribution in [-0.2, 0) is 4.79 Å². The molecule has 1 aromatic rings. The van der Waals surface area contributed by atoms with Gasteiger partial charge in [0, 0.05) is 19.0 Å². The van der Waals surface area contributed by atoms with Crippen molar-refractivity contribution in [1.29, 1.82) is 5.41 Å². The first-order valence-corrected chi connectivity index (χ1v) is 6.54. The van der Waals surface area contributed by atoms with E-state index in [1.54, 1.807) is 19.1 Å². The molecule has 7 heteroatoms. The Bertz CT molecular complexity index is 570. The van der Waals surface area contributed by atoms with Gasteiger partial charge in [-0.3, -0.25) is 15.5 Å². The Balaban J connectivity index is 2.89. The zero-order valence-electron chi connectivity index (χ0n) is 12.6. The van der Waals surface area contributed by atoms with Gasteiger partial charge in [-0.1, -0.05) is 6.07 Å². The van der Waals surface area contributed by atoms with Crippen molar-refractivity contribution in [3.05, 3.63) is 23.3 Å². The maximum absolute atomic E-state index is 11.8. The zero-order chi connectivity index (χ0) is 16.0. The van der Waals surface area contributed by atoms with Crippen LogP contribution in [0.3, 0.4) is 0 Å². The lowest BCUT2D eigenvalue weighted by Crippen LogP contribution is -2.42. The summed E-state index contributed by atoms with van der Waals surface area (Å²) >= 11 is 0. The third-order valence-electron chi connectivity index (χ3n) is 2.71. The third-order valence-corrected chi connectivity index (χ3v) is 2.71. The molecular formula is C14H20N4O3. The van der Waals surface area contributed by atoms with Gasteiger partial charge in [-0.2, -0.15) is 0 Å². The molecule has 2 amide bonds. The molecular weight excluding hydrogens is 272 g/mol. The molecule has 4 N–H and O–H groups in total. The first-order valence-electron chi connectivity index (χ1n) is 6.54. The second-order valence-electron chi connectivity index (χ2n) is 4.46. The second kappa shape index (κ2) is 7.28. The summed E-state index contributed by atoms with van der Waals surface area (Å²) in [5, 5.41) is 15.2. The van der Waals surface area contributed by atoms with Crippen LogP contribution in [0, 0.1) is 19.3 Å². The number of benzene rings is 1. The van der Waals surface area contributed by atoms with E-state index >= 15 is 0 Å². The van der Waals surface area contributed by atoms with Gasteiger partial charge in [-0.25, -0.2) is 4.79 Å². The summed E-state index contributed by atoms with van der Waals surface area (Å²) in [5.74, 6) is -0.113. The molecule has 0 bridgehead atoms. The summed E-state index contributed by atoms with van der Waals surface area (Å²) in [6, 6.07) is 2.89. The number of carbonyl (C=O) groups is 2. The molecule has 0 unspecified atom stereocenters. The van der Waals surface area contributed by atoms with Crippen molar-refractivity contribution >= 4 is 23.6 Å². The van der Waals surface area contributed by atoms with Gasteiger partial charge in [0.2, 0.25) is 0 Å². The Kier molecular flexibility index (Phi) is 5.71. The number of anilines is 1. The van der Waals surface area contributed by atoms with Crippen LogP contribution in [0.1, 0.15) is 25.0 Å². The van der Waals surface area contributed by atoms with E-state index in [9.17, 15) is 9.59 Å². The number of aryl methyl sites for hydroxylation is 1. The normalized spacial score (nSPS) is 9.71. The van der Waals surface area contributed by atoms with E-state index in [-0.39, 0.29) is 5.96 Å². The highest BCUT2D eigenvalue weighted by Gasteiger charge is 2.13. The lowest BCUT2D eigenvalue weighted by atomic mass is 10.1. The predicted molar refractivity (Wildman–Crippen MR) is 80.8 cm³/mol. The average molecular weight is 292 g/mol. The van der Waals surface area contributed by atoms with Crippen molar-refractivity contribution in [3.8, 4) is 5.75 Å². The molecule has 21 heavy (non-hydrogen) atoms. The summed E-state index contributed by atoms with van der Waals surface area (Å²) in [5.41, 5.74) is 2.03. The fraction of sp³-hybridized carbons (Fsp3) is 0.357. The number of amides is 2. The van der Waals surface area contributed by atoms with E-state index in [0.29, 0.717) is 23.5 Å².